The van der Waals surface area contributed by atoms with Crippen LogP contribution in [0.25, 0.3) is 0 Å². The molecule has 1 aliphatic rings. The first-order valence-corrected chi connectivity index (χ1v) is 6.67. The first kappa shape index (κ1) is 13.0. The molecule has 4 heteroatoms. The Labute approximate surface area is 96.8 Å². The number of carbonyl (C=O) groups is 1. The van der Waals surface area contributed by atoms with Gasteiger partial charge in [-0.1, -0.05) is 20.8 Å². The number of ketones is 1. The van der Waals surface area contributed by atoms with E-state index >= 15 is 0 Å². The zero-order valence-electron chi connectivity index (χ0n) is 9.95. The van der Waals surface area contributed by atoms with Gasteiger partial charge in [0.15, 0.2) is 5.78 Å². The van der Waals surface area contributed by atoms with Gasteiger partial charge in [-0.15, -0.1) is 0 Å². The fraction of sp³-hybridized carbons (Fsp3) is 0.909. The molecule has 0 amide bonds. The largest absolute Gasteiger partial charge is 0.320 e. The summed E-state index contributed by atoms with van der Waals surface area (Å²) in [6.07, 6.45) is 0. The van der Waals surface area contributed by atoms with Gasteiger partial charge in [0.2, 0.25) is 0 Å². The number of rotatable bonds is 3. The van der Waals surface area contributed by atoms with Gasteiger partial charge in [-0.05, 0) is 0 Å². The maximum atomic E-state index is 11.9. The van der Waals surface area contributed by atoms with Gasteiger partial charge in [-0.2, -0.15) is 11.8 Å². The van der Waals surface area contributed by atoms with Crippen molar-refractivity contribution in [3.8, 4) is 0 Å². The van der Waals surface area contributed by atoms with Gasteiger partial charge in [-0.25, -0.2) is 0 Å². The van der Waals surface area contributed by atoms with Crippen molar-refractivity contribution in [1.29, 1.82) is 0 Å². The molecule has 0 spiro atoms. The van der Waals surface area contributed by atoms with Crippen LogP contribution >= 0.6 is 11.8 Å². The smallest absolute Gasteiger partial charge is 0.156 e. The highest BCUT2D eigenvalue weighted by Crippen LogP contribution is 2.17. The van der Waals surface area contributed by atoms with E-state index in [9.17, 15) is 4.79 Å². The summed E-state index contributed by atoms with van der Waals surface area (Å²) in [6, 6.07) is -0.326. The Hall–Kier alpha value is -0.0600. The fourth-order valence-electron chi connectivity index (χ4n) is 1.70. The van der Waals surface area contributed by atoms with Crippen LogP contribution in [0.5, 0.6) is 0 Å². The monoisotopic (exact) mass is 230 g/mol. The zero-order valence-corrected chi connectivity index (χ0v) is 10.8. The highest BCUT2D eigenvalue weighted by molar-refractivity contribution is 7.99. The molecule has 0 aromatic rings. The van der Waals surface area contributed by atoms with E-state index in [1.165, 1.54) is 0 Å². The molecule has 0 saturated carbocycles. The Morgan fingerprint density at radius 3 is 2.40 bits per heavy atom. The summed E-state index contributed by atoms with van der Waals surface area (Å²) < 4.78 is 0. The minimum Gasteiger partial charge on any atom is -0.320 e. The fourth-order valence-corrected chi connectivity index (χ4v) is 2.68. The lowest BCUT2D eigenvalue weighted by Crippen LogP contribution is -2.48. The standard InChI is InChI=1S/C11H22N2OS/c1-11(2,3)10(14)9(12)8-13-4-6-15-7-5-13/h9H,4-8,12H2,1-3H3. The Morgan fingerprint density at radius 2 is 1.93 bits per heavy atom. The molecule has 88 valence electrons. The summed E-state index contributed by atoms with van der Waals surface area (Å²) in [7, 11) is 0. The van der Waals surface area contributed by atoms with Crippen LogP contribution in [-0.4, -0.2) is 47.9 Å². The molecule has 0 bridgehead atoms. The van der Waals surface area contributed by atoms with Crippen molar-refractivity contribution in [2.75, 3.05) is 31.1 Å². The second-order valence-corrected chi connectivity index (χ2v) is 6.36. The van der Waals surface area contributed by atoms with Crippen molar-refractivity contribution < 1.29 is 4.79 Å². The lowest BCUT2D eigenvalue weighted by molar-refractivity contribution is -0.128. The van der Waals surface area contributed by atoms with Gasteiger partial charge >= 0.3 is 0 Å². The molecule has 1 saturated heterocycles. The van der Waals surface area contributed by atoms with Crippen LogP contribution in [0.15, 0.2) is 0 Å². The molecular formula is C11H22N2OS. The second-order valence-electron chi connectivity index (χ2n) is 5.13. The summed E-state index contributed by atoms with van der Waals surface area (Å²) in [6.45, 7) is 8.64. The lowest BCUT2D eigenvalue weighted by atomic mass is 9.86. The van der Waals surface area contributed by atoms with E-state index in [1.807, 2.05) is 32.5 Å². The van der Waals surface area contributed by atoms with E-state index in [2.05, 4.69) is 4.90 Å². The SMILES string of the molecule is CC(C)(C)C(=O)C(N)CN1CCSCC1. The maximum absolute atomic E-state index is 11.9. The van der Waals surface area contributed by atoms with E-state index < -0.39 is 0 Å². The van der Waals surface area contributed by atoms with E-state index in [0.29, 0.717) is 0 Å². The molecule has 0 aromatic heterocycles. The Kier molecular flexibility index (Phi) is 4.62. The van der Waals surface area contributed by atoms with Crippen molar-refractivity contribution in [1.82, 2.24) is 4.90 Å². The predicted octanol–water partition coefficient (Wildman–Crippen LogP) is 0.978. The number of hydrogen-bond acceptors (Lipinski definition) is 4. The van der Waals surface area contributed by atoms with Crippen LogP contribution in [-0.2, 0) is 4.79 Å². The third kappa shape index (κ3) is 4.13. The van der Waals surface area contributed by atoms with Crippen molar-refractivity contribution in [3.05, 3.63) is 0 Å². The zero-order chi connectivity index (χ0) is 11.5. The summed E-state index contributed by atoms with van der Waals surface area (Å²) in [5, 5.41) is 0. The van der Waals surface area contributed by atoms with Crippen LogP contribution in [0.3, 0.4) is 0 Å². The molecule has 1 rings (SSSR count). The van der Waals surface area contributed by atoms with Crippen molar-refractivity contribution >= 4 is 17.5 Å². The van der Waals surface area contributed by atoms with Gasteiger partial charge in [0.25, 0.3) is 0 Å². The molecule has 1 heterocycles. The van der Waals surface area contributed by atoms with Crippen LogP contribution in [0.4, 0.5) is 0 Å². The summed E-state index contributed by atoms with van der Waals surface area (Å²) in [4.78, 5) is 14.2. The van der Waals surface area contributed by atoms with Gasteiger partial charge in [0.1, 0.15) is 0 Å². The molecule has 0 aliphatic carbocycles. The molecule has 15 heavy (non-hydrogen) atoms. The quantitative estimate of drug-likeness (QED) is 0.785. The molecular weight excluding hydrogens is 208 g/mol. The second kappa shape index (κ2) is 5.32. The first-order chi connectivity index (χ1) is 6.91. The highest BCUT2D eigenvalue weighted by Gasteiger charge is 2.28. The highest BCUT2D eigenvalue weighted by atomic mass is 32.2. The van der Waals surface area contributed by atoms with Crippen molar-refractivity contribution in [2.45, 2.75) is 26.8 Å². The molecule has 3 nitrogen and oxygen atoms in total. The Balaban J connectivity index is 2.40. The number of nitrogens with two attached hydrogens (primary N) is 1. The van der Waals surface area contributed by atoms with Crippen molar-refractivity contribution in [2.24, 2.45) is 11.1 Å². The summed E-state index contributed by atoms with van der Waals surface area (Å²) in [5.74, 6) is 2.49. The molecule has 1 aliphatic heterocycles. The first-order valence-electron chi connectivity index (χ1n) is 5.51. The number of nitrogens with zero attached hydrogens (tertiary/aromatic N) is 1. The number of carbonyl (C=O) groups excluding carboxylic acids is 1. The number of hydrogen-bond donors (Lipinski definition) is 1. The lowest BCUT2D eigenvalue weighted by Gasteiger charge is -2.30. The van der Waals surface area contributed by atoms with Gasteiger partial charge < -0.3 is 5.73 Å². The maximum Gasteiger partial charge on any atom is 0.156 e. The van der Waals surface area contributed by atoms with Gasteiger partial charge in [0, 0.05) is 36.6 Å². The average Bonchev–Trinajstić information content (AvgIpc) is 2.16. The van der Waals surface area contributed by atoms with Gasteiger partial charge in [-0.3, -0.25) is 9.69 Å². The Bertz CT molecular complexity index is 219. The average molecular weight is 230 g/mol. The molecule has 2 N–H and O–H groups in total. The molecule has 1 atom stereocenters. The van der Waals surface area contributed by atoms with Crippen LogP contribution in [0.2, 0.25) is 0 Å². The van der Waals surface area contributed by atoms with E-state index in [-0.39, 0.29) is 17.2 Å². The third-order valence-electron chi connectivity index (χ3n) is 2.63. The molecule has 0 aromatic carbocycles. The van der Waals surface area contributed by atoms with Crippen LogP contribution in [0.1, 0.15) is 20.8 Å². The predicted molar refractivity (Wildman–Crippen MR) is 66.2 cm³/mol. The molecule has 1 fully saturated rings. The van der Waals surface area contributed by atoms with E-state index in [1.54, 1.807) is 0 Å². The van der Waals surface area contributed by atoms with E-state index in [4.69, 9.17) is 5.73 Å². The minimum absolute atomic E-state index is 0.167. The number of Topliss-reactive ketones (excluding diaryl/α,β-unsaturated/α-hetero) is 1. The minimum atomic E-state index is -0.326. The normalized spacial score (nSPS) is 21.3. The van der Waals surface area contributed by atoms with Crippen LogP contribution in [0, 0.1) is 5.41 Å². The summed E-state index contributed by atoms with van der Waals surface area (Å²) >= 11 is 1.97. The topological polar surface area (TPSA) is 46.3 Å². The third-order valence-corrected chi connectivity index (χ3v) is 3.58. The van der Waals surface area contributed by atoms with Gasteiger partial charge in [0.05, 0.1) is 6.04 Å². The van der Waals surface area contributed by atoms with Crippen molar-refractivity contribution in [3.63, 3.8) is 0 Å². The summed E-state index contributed by atoms with van der Waals surface area (Å²) in [5.41, 5.74) is 5.62. The molecule has 1 unspecified atom stereocenters. The van der Waals surface area contributed by atoms with Crippen LogP contribution < -0.4 is 5.73 Å². The van der Waals surface area contributed by atoms with E-state index in [0.717, 1.165) is 31.1 Å². The molecule has 0 radical (unpaired) electrons. The number of thioether (sulfide) groups is 1. The Morgan fingerprint density at radius 1 is 1.40 bits per heavy atom.